The highest BCUT2D eigenvalue weighted by atomic mass is 35.5. The van der Waals surface area contributed by atoms with Crippen LogP contribution in [-0.2, 0) is 16.0 Å². The molecule has 0 saturated carbocycles. The van der Waals surface area contributed by atoms with E-state index in [4.69, 9.17) is 21.5 Å². The molecule has 0 saturated heterocycles. The molecule has 4 nitrogen and oxygen atoms in total. The van der Waals surface area contributed by atoms with Gasteiger partial charge >= 0.3 is 0 Å². The largest absolute Gasteiger partial charge is 0.380 e. The Kier molecular flexibility index (Phi) is 6.87. The fraction of sp³-hybridized carbons (Fsp3) is 0.278. The average Bonchev–Trinajstić information content (AvgIpc) is 2.60. The number of hydrogen-bond donors (Lipinski definition) is 2. The minimum atomic E-state index is -0.720. The van der Waals surface area contributed by atoms with Crippen molar-refractivity contribution in [2.75, 3.05) is 7.11 Å². The van der Waals surface area contributed by atoms with Gasteiger partial charge in [-0.25, -0.2) is 14.3 Å². The number of ether oxygens (including phenoxy) is 1. The monoisotopic (exact) mass is 369 g/mol. The van der Waals surface area contributed by atoms with Crippen LogP contribution in [0.3, 0.4) is 0 Å². The first-order valence-electron chi connectivity index (χ1n) is 7.59. The summed E-state index contributed by atoms with van der Waals surface area (Å²) in [5.41, 5.74) is 2.62. The van der Waals surface area contributed by atoms with Gasteiger partial charge in [0.1, 0.15) is 11.6 Å². The Morgan fingerprint density at radius 3 is 2.48 bits per heavy atom. The molecule has 0 fully saturated rings. The van der Waals surface area contributed by atoms with E-state index < -0.39 is 29.6 Å². The van der Waals surface area contributed by atoms with Gasteiger partial charge in [0.15, 0.2) is 0 Å². The Hall–Kier alpha value is -2.02. The molecule has 2 aromatic rings. The van der Waals surface area contributed by atoms with Crippen molar-refractivity contribution >= 4 is 17.5 Å². The van der Waals surface area contributed by atoms with E-state index in [1.165, 1.54) is 13.2 Å². The molecule has 2 N–H and O–H groups in total. The first-order valence-corrected chi connectivity index (χ1v) is 7.97. The fourth-order valence-electron chi connectivity index (χ4n) is 2.74. The van der Waals surface area contributed by atoms with Crippen LogP contribution in [0.1, 0.15) is 23.5 Å². The quantitative estimate of drug-likeness (QED) is 0.575. The molecule has 0 aliphatic rings. The van der Waals surface area contributed by atoms with Crippen LogP contribution in [0.15, 0.2) is 42.5 Å². The summed E-state index contributed by atoms with van der Waals surface area (Å²) in [5.74, 6) is -2.63. The van der Waals surface area contributed by atoms with Crippen LogP contribution in [-0.4, -0.2) is 24.3 Å². The second kappa shape index (κ2) is 8.89. The highest BCUT2D eigenvalue weighted by Crippen LogP contribution is 2.30. The summed E-state index contributed by atoms with van der Waals surface area (Å²) in [4.78, 5) is 11.5. The minimum Gasteiger partial charge on any atom is -0.380 e. The zero-order valence-corrected chi connectivity index (χ0v) is 14.3. The molecule has 2 atom stereocenters. The number of amides is 1. The molecule has 1 amide bonds. The number of halogens is 3. The zero-order chi connectivity index (χ0) is 18.4. The minimum absolute atomic E-state index is 0.178. The number of methoxy groups -OCH3 is 1. The summed E-state index contributed by atoms with van der Waals surface area (Å²) in [7, 11) is 1.39. The molecule has 1 unspecified atom stereocenters. The molecule has 0 aliphatic carbocycles. The van der Waals surface area contributed by atoms with E-state index >= 15 is 0 Å². The smallest absolute Gasteiger partial charge is 0.245 e. The fourth-order valence-corrected chi connectivity index (χ4v) is 2.86. The van der Waals surface area contributed by atoms with Gasteiger partial charge in [-0.2, -0.15) is 0 Å². The summed E-state index contributed by atoms with van der Waals surface area (Å²) in [6.07, 6.45) is -0.554. The molecular weight excluding hydrogens is 352 g/mol. The molecular formula is C18H18ClF2NO3. The normalized spacial score (nSPS) is 13.3. The number of benzene rings is 2. The van der Waals surface area contributed by atoms with Crippen molar-refractivity contribution in [3.63, 3.8) is 0 Å². The first kappa shape index (κ1) is 19.3. The molecule has 7 heteroatoms. The topological polar surface area (TPSA) is 58.6 Å². The third-order valence-corrected chi connectivity index (χ3v) is 4.25. The summed E-state index contributed by atoms with van der Waals surface area (Å²) >= 11 is 5.88. The van der Waals surface area contributed by atoms with Crippen LogP contribution in [0.25, 0.3) is 0 Å². The lowest BCUT2D eigenvalue weighted by Crippen LogP contribution is -2.31. The predicted octanol–water partition coefficient (Wildman–Crippen LogP) is 3.86. The molecule has 134 valence electrons. The van der Waals surface area contributed by atoms with Crippen molar-refractivity contribution in [1.82, 2.24) is 5.48 Å². The second-order valence-corrected chi connectivity index (χ2v) is 6.05. The van der Waals surface area contributed by atoms with E-state index in [1.54, 1.807) is 29.7 Å². The molecule has 0 aliphatic heterocycles. The van der Waals surface area contributed by atoms with Gasteiger partial charge in [-0.3, -0.25) is 10.0 Å². The number of hydrogen-bond acceptors (Lipinski definition) is 3. The van der Waals surface area contributed by atoms with Crippen molar-refractivity contribution in [2.24, 2.45) is 0 Å². The Bertz CT molecular complexity index is 725. The number of carbonyl (C=O) groups is 1. The van der Waals surface area contributed by atoms with Crippen LogP contribution in [0.4, 0.5) is 8.78 Å². The standard InChI is InChI=1S/C18H18ClF2NO3/c1-25-17(10-18(23)22-24)15(8-11-2-4-12(19)5-3-11)14-7-6-13(20)9-16(14)21/h2-7,9,15,17,24H,8,10H2,1H3,(H,22,23)/t15?,17-/m1/s1. The van der Waals surface area contributed by atoms with Gasteiger partial charge < -0.3 is 4.74 Å². The Balaban J connectivity index is 2.38. The second-order valence-electron chi connectivity index (χ2n) is 5.62. The lowest BCUT2D eigenvalue weighted by atomic mass is 9.85. The number of rotatable bonds is 7. The average molecular weight is 370 g/mol. The molecule has 0 radical (unpaired) electrons. The molecule has 25 heavy (non-hydrogen) atoms. The van der Waals surface area contributed by atoms with E-state index in [9.17, 15) is 13.6 Å². The summed E-state index contributed by atoms with van der Waals surface area (Å²) in [6, 6.07) is 10.3. The summed E-state index contributed by atoms with van der Waals surface area (Å²) in [6.45, 7) is 0. The maximum Gasteiger partial charge on any atom is 0.245 e. The van der Waals surface area contributed by atoms with Crippen LogP contribution in [0.5, 0.6) is 0 Å². The Morgan fingerprint density at radius 1 is 1.24 bits per heavy atom. The van der Waals surface area contributed by atoms with Crippen molar-refractivity contribution in [3.05, 3.63) is 70.2 Å². The summed E-state index contributed by atoms with van der Waals surface area (Å²) < 4.78 is 32.9. The van der Waals surface area contributed by atoms with Gasteiger partial charge in [0.2, 0.25) is 5.91 Å². The van der Waals surface area contributed by atoms with Gasteiger partial charge in [0.25, 0.3) is 0 Å². The third-order valence-electron chi connectivity index (χ3n) is 3.99. The van der Waals surface area contributed by atoms with Crippen LogP contribution < -0.4 is 5.48 Å². The SMILES string of the molecule is CO[C@H](CC(=O)NO)C(Cc1ccc(Cl)cc1)c1ccc(F)cc1F. The molecule has 0 spiro atoms. The van der Waals surface area contributed by atoms with Gasteiger partial charge in [-0.1, -0.05) is 29.8 Å². The Labute approximate surface area is 149 Å². The van der Waals surface area contributed by atoms with E-state index in [0.717, 1.165) is 17.7 Å². The molecule has 0 bridgehead atoms. The zero-order valence-electron chi connectivity index (χ0n) is 13.5. The number of hydroxylamine groups is 1. The van der Waals surface area contributed by atoms with Crippen molar-refractivity contribution in [1.29, 1.82) is 0 Å². The van der Waals surface area contributed by atoms with E-state index in [1.807, 2.05) is 0 Å². The highest BCUT2D eigenvalue weighted by Gasteiger charge is 2.28. The van der Waals surface area contributed by atoms with E-state index in [2.05, 4.69) is 0 Å². The summed E-state index contributed by atoms with van der Waals surface area (Å²) in [5, 5.41) is 9.32. The molecule has 0 heterocycles. The van der Waals surface area contributed by atoms with Crippen molar-refractivity contribution in [3.8, 4) is 0 Å². The third kappa shape index (κ3) is 5.22. The maximum atomic E-state index is 14.3. The first-order chi connectivity index (χ1) is 11.9. The van der Waals surface area contributed by atoms with Gasteiger partial charge in [-0.05, 0) is 35.7 Å². The molecule has 2 rings (SSSR count). The van der Waals surface area contributed by atoms with Gasteiger partial charge in [0.05, 0.1) is 12.5 Å². The maximum absolute atomic E-state index is 14.3. The van der Waals surface area contributed by atoms with Crippen LogP contribution in [0, 0.1) is 11.6 Å². The van der Waals surface area contributed by atoms with E-state index in [0.29, 0.717) is 11.4 Å². The highest BCUT2D eigenvalue weighted by molar-refractivity contribution is 6.30. The number of carbonyl (C=O) groups excluding carboxylic acids is 1. The predicted molar refractivity (Wildman–Crippen MR) is 89.6 cm³/mol. The van der Waals surface area contributed by atoms with Crippen molar-refractivity contribution < 1.29 is 23.5 Å². The van der Waals surface area contributed by atoms with E-state index in [-0.39, 0.29) is 12.0 Å². The van der Waals surface area contributed by atoms with Crippen LogP contribution >= 0.6 is 11.6 Å². The van der Waals surface area contributed by atoms with Crippen LogP contribution in [0.2, 0.25) is 5.02 Å². The lowest BCUT2D eigenvalue weighted by Gasteiger charge is -2.26. The van der Waals surface area contributed by atoms with Gasteiger partial charge in [-0.15, -0.1) is 0 Å². The lowest BCUT2D eigenvalue weighted by molar-refractivity contribution is -0.132. The Morgan fingerprint density at radius 2 is 1.92 bits per heavy atom. The molecule has 0 aromatic heterocycles. The number of nitrogens with one attached hydrogen (secondary N) is 1. The van der Waals surface area contributed by atoms with Crippen molar-refractivity contribution in [2.45, 2.75) is 24.9 Å². The molecule has 2 aromatic carbocycles. The van der Waals surface area contributed by atoms with Gasteiger partial charge in [0, 0.05) is 24.1 Å².